The van der Waals surface area contributed by atoms with Crippen LogP contribution in [0.2, 0.25) is 0 Å². The Bertz CT molecular complexity index is 756. The van der Waals surface area contributed by atoms with Crippen molar-refractivity contribution in [3.8, 4) is 11.5 Å². The molecule has 0 saturated heterocycles. The molecule has 7 nitrogen and oxygen atoms in total. The van der Waals surface area contributed by atoms with Gasteiger partial charge in [0.1, 0.15) is 5.69 Å². The molecule has 1 aromatic heterocycles. The standard InChI is InChI=1S/C17H20N4O3/c1-17(2,3)21-15(22)12-6-7-18-16(20-12)19-9-11-4-5-13-14(8-11)24-10-23-13/h4-8H,9-10H2,1-3H3,(H,21,22)(H,18,19,20). The molecule has 2 heterocycles. The molecule has 0 saturated carbocycles. The molecule has 0 bridgehead atoms. The maximum absolute atomic E-state index is 12.2. The van der Waals surface area contributed by atoms with E-state index in [1.165, 1.54) is 0 Å². The molecule has 0 atom stereocenters. The molecule has 2 aromatic rings. The van der Waals surface area contributed by atoms with Gasteiger partial charge >= 0.3 is 0 Å². The summed E-state index contributed by atoms with van der Waals surface area (Å²) in [5, 5.41) is 5.99. The summed E-state index contributed by atoms with van der Waals surface area (Å²) in [6, 6.07) is 7.31. The van der Waals surface area contributed by atoms with Crippen molar-refractivity contribution in [3.63, 3.8) is 0 Å². The van der Waals surface area contributed by atoms with Gasteiger partial charge in [-0.1, -0.05) is 6.07 Å². The van der Waals surface area contributed by atoms with Crippen molar-refractivity contribution in [2.24, 2.45) is 0 Å². The minimum atomic E-state index is -0.317. The summed E-state index contributed by atoms with van der Waals surface area (Å²) in [6.07, 6.45) is 1.56. The zero-order chi connectivity index (χ0) is 17.2. The first-order valence-electron chi connectivity index (χ1n) is 7.69. The van der Waals surface area contributed by atoms with Crippen LogP contribution in [0.15, 0.2) is 30.5 Å². The number of nitrogens with one attached hydrogen (secondary N) is 2. The molecule has 7 heteroatoms. The SMILES string of the molecule is CC(C)(C)NC(=O)c1ccnc(NCc2ccc3c(c2)OCO3)n1. The molecule has 1 aliphatic heterocycles. The maximum Gasteiger partial charge on any atom is 0.270 e. The van der Waals surface area contributed by atoms with Gasteiger partial charge in [-0.2, -0.15) is 0 Å². The van der Waals surface area contributed by atoms with Crippen molar-refractivity contribution in [2.45, 2.75) is 32.9 Å². The van der Waals surface area contributed by atoms with Crippen LogP contribution >= 0.6 is 0 Å². The van der Waals surface area contributed by atoms with E-state index in [9.17, 15) is 4.79 Å². The van der Waals surface area contributed by atoms with Crippen molar-refractivity contribution in [2.75, 3.05) is 12.1 Å². The van der Waals surface area contributed by atoms with Gasteiger partial charge in [0.2, 0.25) is 12.7 Å². The van der Waals surface area contributed by atoms with E-state index < -0.39 is 0 Å². The van der Waals surface area contributed by atoms with Crippen LogP contribution in [0.5, 0.6) is 11.5 Å². The number of hydrogen-bond donors (Lipinski definition) is 2. The Morgan fingerprint density at radius 3 is 2.79 bits per heavy atom. The van der Waals surface area contributed by atoms with Gasteiger partial charge in [-0.15, -0.1) is 0 Å². The van der Waals surface area contributed by atoms with Crippen molar-refractivity contribution in [3.05, 3.63) is 41.7 Å². The Kier molecular flexibility index (Phi) is 4.24. The van der Waals surface area contributed by atoms with E-state index in [0.717, 1.165) is 17.1 Å². The van der Waals surface area contributed by atoms with Crippen LogP contribution < -0.4 is 20.1 Å². The van der Waals surface area contributed by atoms with E-state index in [1.807, 2.05) is 39.0 Å². The number of hydrogen-bond acceptors (Lipinski definition) is 6. The average Bonchev–Trinajstić information content (AvgIpc) is 2.99. The lowest BCUT2D eigenvalue weighted by atomic mass is 10.1. The summed E-state index contributed by atoms with van der Waals surface area (Å²) in [6.45, 7) is 6.53. The smallest absolute Gasteiger partial charge is 0.270 e. The fourth-order valence-corrected chi connectivity index (χ4v) is 2.21. The number of rotatable bonds is 4. The van der Waals surface area contributed by atoms with E-state index in [2.05, 4.69) is 20.6 Å². The zero-order valence-electron chi connectivity index (χ0n) is 13.9. The van der Waals surface area contributed by atoms with E-state index in [4.69, 9.17) is 9.47 Å². The maximum atomic E-state index is 12.2. The van der Waals surface area contributed by atoms with Crippen molar-refractivity contribution < 1.29 is 14.3 Å². The van der Waals surface area contributed by atoms with E-state index in [1.54, 1.807) is 12.3 Å². The van der Waals surface area contributed by atoms with Gasteiger partial charge in [-0.3, -0.25) is 4.79 Å². The van der Waals surface area contributed by atoms with E-state index in [-0.39, 0.29) is 18.2 Å². The lowest BCUT2D eigenvalue weighted by Gasteiger charge is -2.20. The van der Waals surface area contributed by atoms with Crippen LogP contribution in [-0.4, -0.2) is 28.2 Å². The number of fused-ring (bicyclic) bond motifs is 1. The Morgan fingerprint density at radius 1 is 1.21 bits per heavy atom. The molecule has 1 aliphatic rings. The minimum absolute atomic E-state index is 0.226. The Morgan fingerprint density at radius 2 is 2.00 bits per heavy atom. The molecule has 3 rings (SSSR count). The highest BCUT2D eigenvalue weighted by Gasteiger charge is 2.17. The number of carbonyl (C=O) groups excluding carboxylic acids is 1. The number of amides is 1. The largest absolute Gasteiger partial charge is 0.454 e. The Balaban J connectivity index is 1.65. The number of anilines is 1. The molecule has 0 spiro atoms. The molecule has 0 aliphatic carbocycles. The topological polar surface area (TPSA) is 85.4 Å². The zero-order valence-corrected chi connectivity index (χ0v) is 13.9. The molecule has 126 valence electrons. The number of aromatic nitrogens is 2. The van der Waals surface area contributed by atoms with Crippen LogP contribution in [0.1, 0.15) is 36.8 Å². The molecule has 1 aromatic carbocycles. The second-order valence-electron chi connectivity index (χ2n) is 6.51. The highest BCUT2D eigenvalue weighted by atomic mass is 16.7. The first-order chi connectivity index (χ1) is 11.4. The van der Waals surface area contributed by atoms with Crippen LogP contribution in [0.25, 0.3) is 0 Å². The quantitative estimate of drug-likeness (QED) is 0.896. The van der Waals surface area contributed by atoms with Gasteiger partial charge in [0, 0.05) is 18.3 Å². The number of carbonyl (C=O) groups is 1. The molecular weight excluding hydrogens is 308 g/mol. The first-order valence-corrected chi connectivity index (χ1v) is 7.69. The van der Waals surface area contributed by atoms with Gasteiger partial charge < -0.3 is 20.1 Å². The van der Waals surface area contributed by atoms with Crippen molar-refractivity contribution >= 4 is 11.9 Å². The molecule has 1 amide bonds. The monoisotopic (exact) mass is 328 g/mol. The van der Waals surface area contributed by atoms with Crippen LogP contribution in [0.3, 0.4) is 0 Å². The summed E-state index contributed by atoms with van der Waals surface area (Å²) >= 11 is 0. The molecular formula is C17H20N4O3. The fourth-order valence-electron chi connectivity index (χ4n) is 2.21. The van der Waals surface area contributed by atoms with Gasteiger partial charge in [-0.05, 0) is 44.5 Å². The van der Waals surface area contributed by atoms with Crippen molar-refractivity contribution in [1.29, 1.82) is 0 Å². The molecule has 24 heavy (non-hydrogen) atoms. The number of nitrogens with zero attached hydrogens (tertiary/aromatic N) is 2. The highest BCUT2D eigenvalue weighted by molar-refractivity contribution is 5.92. The average molecular weight is 328 g/mol. The summed E-state index contributed by atoms with van der Waals surface area (Å²) in [7, 11) is 0. The first kappa shape index (κ1) is 16.0. The lowest BCUT2D eigenvalue weighted by Crippen LogP contribution is -2.41. The van der Waals surface area contributed by atoms with Gasteiger partial charge in [0.15, 0.2) is 11.5 Å². The molecule has 2 N–H and O–H groups in total. The molecule has 0 unspecified atom stereocenters. The summed E-state index contributed by atoms with van der Waals surface area (Å²) in [4.78, 5) is 20.6. The van der Waals surface area contributed by atoms with Crippen molar-refractivity contribution in [1.82, 2.24) is 15.3 Å². The fraction of sp³-hybridized carbons (Fsp3) is 0.353. The predicted octanol–water partition coefficient (Wildman–Crippen LogP) is 2.35. The van der Waals surface area contributed by atoms with Gasteiger partial charge in [-0.25, -0.2) is 9.97 Å². The Labute approximate surface area is 140 Å². The van der Waals surface area contributed by atoms with Crippen LogP contribution in [0.4, 0.5) is 5.95 Å². The van der Waals surface area contributed by atoms with Crippen LogP contribution in [0, 0.1) is 0 Å². The van der Waals surface area contributed by atoms with Gasteiger partial charge in [0.05, 0.1) is 0 Å². The summed E-state index contributed by atoms with van der Waals surface area (Å²) in [5.41, 5.74) is 1.02. The summed E-state index contributed by atoms with van der Waals surface area (Å²) in [5.74, 6) is 1.65. The number of benzene rings is 1. The predicted molar refractivity (Wildman–Crippen MR) is 89.1 cm³/mol. The molecule has 0 radical (unpaired) electrons. The summed E-state index contributed by atoms with van der Waals surface area (Å²) < 4.78 is 10.6. The van der Waals surface area contributed by atoms with Crippen LogP contribution in [-0.2, 0) is 6.54 Å². The lowest BCUT2D eigenvalue weighted by molar-refractivity contribution is 0.0914. The van der Waals surface area contributed by atoms with E-state index >= 15 is 0 Å². The second-order valence-corrected chi connectivity index (χ2v) is 6.51. The normalized spacial score (nSPS) is 12.8. The minimum Gasteiger partial charge on any atom is -0.454 e. The second kappa shape index (κ2) is 6.35. The highest BCUT2D eigenvalue weighted by Crippen LogP contribution is 2.32. The number of ether oxygens (including phenoxy) is 2. The third-order valence-corrected chi connectivity index (χ3v) is 3.26. The third kappa shape index (κ3) is 3.92. The van der Waals surface area contributed by atoms with Gasteiger partial charge in [0.25, 0.3) is 5.91 Å². The van der Waals surface area contributed by atoms with E-state index in [0.29, 0.717) is 18.2 Å². The Hall–Kier alpha value is -2.83. The molecule has 0 fully saturated rings. The third-order valence-electron chi connectivity index (χ3n) is 3.26.